The van der Waals surface area contributed by atoms with Gasteiger partial charge in [-0.15, -0.1) is 0 Å². The summed E-state index contributed by atoms with van der Waals surface area (Å²) in [4.78, 5) is 0. The van der Waals surface area contributed by atoms with Gasteiger partial charge in [0.2, 0.25) is 0 Å². The van der Waals surface area contributed by atoms with E-state index < -0.39 is 0 Å². The maximum Gasteiger partial charge on any atom is -0.00979 e. The van der Waals surface area contributed by atoms with Crippen LogP contribution in [-0.2, 0) is 0 Å². The third kappa shape index (κ3) is 20.3. The van der Waals surface area contributed by atoms with Crippen molar-refractivity contribution in [2.24, 2.45) is 0 Å². The maximum atomic E-state index is 4.25. The van der Waals surface area contributed by atoms with E-state index in [1.807, 2.05) is 0 Å². The molecule has 0 spiro atoms. The van der Waals surface area contributed by atoms with E-state index in [2.05, 4.69) is 26.0 Å². The highest BCUT2D eigenvalue weighted by molar-refractivity contribution is 7.80. The molecule has 0 nitrogen and oxygen atoms in total. The molecule has 0 saturated heterocycles. The minimum atomic E-state index is 1.06. The van der Waals surface area contributed by atoms with Crippen LogP contribution in [0.25, 0.3) is 0 Å². The van der Waals surface area contributed by atoms with Crippen molar-refractivity contribution in [1.29, 1.82) is 0 Å². The van der Waals surface area contributed by atoms with Gasteiger partial charge >= 0.3 is 0 Å². The molecule has 0 rings (SSSR count). The van der Waals surface area contributed by atoms with Gasteiger partial charge in [-0.2, -0.15) is 12.6 Å². The Kier molecular flexibility index (Phi) is 21.7. The highest BCUT2D eigenvalue weighted by Gasteiger charge is 1.95. The second-order valence-electron chi connectivity index (χ2n) is 6.89. The van der Waals surface area contributed by atoms with E-state index in [-0.39, 0.29) is 0 Å². The number of hydrogen-bond donors (Lipinski definition) is 1. The lowest BCUT2D eigenvalue weighted by Gasteiger charge is -2.03. The molecule has 0 aromatic heterocycles. The molecule has 0 N–H and O–H groups in total. The van der Waals surface area contributed by atoms with Crippen LogP contribution in [0.5, 0.6) is 0 Å². The molecule has 0 bridgehead atoms. The summed E-state index contributed by atoms with van der Waals surface area (Å²) in [6, 6.07) is 0. The molecular weight excluding hydrogens is 284 g/mol. The van der Waals surface area contributed by atoms with Crippen LogP contribution < -0.4 is 0 Å². The Hall–Kier alpha value is 0.350. The lowest BCUT2D eigenvalue weighted by atomic mass is 10.0. The Balaban J connectivity index is 2.91. The zero-order chi connectivity index (χ0) is 16.1. The van der Waals surface area contributed by atoms with E-state index in [9.17, 15) is 0 Å². The minimum absolute atomic E-state index is 1.06. The first kappa shape index (κ1) is 22.4. The Bertz CT molecular complexity index is 159. The summed E-state index contributed by atoms with van der Waals surface area (Å²) >= 11 is 4.25. The van der Waals surface area contributed by atoms with Gasteiger partial charge in [0.15, 0.2) is 0 Å². The van der Waals surface area contributed by atoms with Gasteiger partial charge in [-0.3, -0.25) is 0 Å². The molecule has 0 fully saturated rings. The molecule has 0 amide bonds. The van der Waals surface area contributed by atoms with Gasteiger partial charge in [-0.25, -0.2) is 0 Å². The van der Waals surface area contributed by atoms with E-state index >= 15 is 0 Å². The summed E-state index contributed by atoms with van der Waals surface area (Å²) in [6.45, 7) is 2.29. The molecule has 22 heavy (non-hydrogen) atoms. The summed E-state index contributed by atoms with van der Waals surface area (Å²) in [5.74, 6) is 1.06. The molecule has 0 atom stereocenters. The van der Waals surface area contributed by atoms with Gasteiger partial charge < -0.3 is 0 Å². The number of rotatable bonds is 19. The van der Waals surface area contributed by atoms with Crippen molar-refractivity contribution in [2.75, 3.05) is 5.75 Å². The Morgan fingerprint density at radius 3 is 1.27 bits per heavy atom. The summed E-state index contributed by atoms with van der Waals surface area (Å²) in [5.41, 5.74) is 0. The van der Waals surface area contributed by atoms with E-state index in [1.165, 1.54) is 116 Å². The zero-order valence-electron chi connectivity index (χ0n) is 15.5. The normalized spacial score (nSPS) is 11.2. The predicted octanol–water partition coefficient (Wildman–Crippen LogP) is 8.16. The molecule has 0 aliphatic heterocycles. The summed E-state index contributed by atoms with van der Waals surface area (Å²) in [7, 11) is 0. The second-order valence-corrected chi connectivity index (χ2v) is 7.34. The first-order valence-electron chi connectivity index (χ1n) is 10.3. The zero-order valence-corrected chi connectivity index (χ0v) is 16.4. The number of thiol groups is 1. The van der Waals surface area contributed by atoms with Crippen molar-refractivity contribution in [3.8, 4) is 0 Å². The fourth-order valence-corrected chi connectivity index (χ4v) is 3.25. The lowest BCUT2D eigenvalue weighted by Crippen LogP contribution is -1.84. The average molecular weight is 328 g/mol. The molecule has 0 heterocycles. The molecular formula is C21H43S. The van der Waals surface area contributed by atoms with Crippen LogP contribution in [0.3, 0.4) is 0 Å². The quantitative estimate of drug-likeness (QED) is 0.179. The van der Waals surface area contributed by atoms with Crippen molar-refractivity contribution in [3.63, 3.8) is 0 Å². The molecule has 1 heteroatoms. The van der Waals surface area contributed by atoms with Crippen LogP contribution in [0.15, 0.2) is 0 Å². The Morgan fingerprint density at radius 1 is 0.500 bits per heavy atom. The van der Waals surface area contributed by atoms with E-state index in [1.54, 1.807) is 0 Å². The van der Waals surface area contributed by atoms with Crippen LogP contribution >= 0.6 is 12.6 Å². The predicted molar refractivity (Wildman–Crippen MR) is 107 cm³/mol. The molecule has 0 aliphatic carbocycles. The molecule has 0 aliphatic rings. The van der Waals surface area contributed by atoms with Crippen LogP contribution in [0, 0.1) is 6.42 Å². The third-order valence-corrected chi connectivity index (χ3v) is 4.89. The van der Waals surface area contributed by atoms with Crippen molar-refractivity contribution in [3.05, 3.63) is 6.42 Å². The lowest BCUT2D eigenvalue weighted by molar-refractivity contribution is 0.559. The van der Waals surface area contributed by atoms with Gasteiger partial charge in [0.25, 0.3) is 0 Å². The number of hydrogen-bond acceptors (Lipinski definition) is 1. The standard InChI is InChI=1S/C21H43S/c1-2-3-4-5-6-7-8-9-10-11-12-13-14-15-16-17-18-19-20-21-22/h11,22H,2-10,12-21H2,1H3. The van der Waals surface area contributed by atoms with Crippen molar-refractivity contribution < 1.29 is 0 Å². The summed E-state index contributed by atoms with van der Waals surface area (Å²) < 4.78 is 0. The Labute approximate surface area is 147 Å². The maximum absolute atomic E-state index is 4.25. The van der Waals surface area contributed by atoms with Gasteiger partial charge in [0, 0.05) is 0 Å². The van der Waals surface area contributed by atoms with Crippen molar-refractivity contribution in [2.45, 2.75) is 122 Å². The average Bonchev–Trinajstić information content (AvgIpc) is 2.54. The van der Waals surface area contributed by atoms with Crippen LogP contribution in [0.2, 0.25) is 0 Å². The molecule has 0 unspecified atom stereocenters. The van der Waals surface area contributed by atoms with E-state index in [4.69, 9.17) is 0 Å². The molecule has 0 aromatic rings. The van der Waals surface area contributed by atoms with Crippen LogP contribution in [0.4, 0.5) is 0 Å². The largest absolute Gasteiger partial charge is 0.179 e. The first-order valence-corrected chi connectivity index (χ1v) is 11.0. The molecule has 0 saturated carbocycles. The van der Waals surface area contributed by atoms with Crippen molar-refractivity contribution in [1.82, 2.24) is 0 Å². The molecule has 0 aromatic carbocycles. The van der Waals surface area contributed by atoms with Crippen LogP contribution in [-0.4, -0.2) is 5.75 Å². The van der Waals surface area contributed by atoms with E-state index in [0.717, 1.165) is 5.75 Å². The number of unbranched alkanes of at least 4 members (excludes halogenated alkanes) is 18. The van der Waals surface area contributed by atoms with Gasteiger partial charge in [-0.05, 0) is 18.6 Å². The topological polar surface area (TPSA) is 0 Å². The van der Waals surface area contributed by atoms with Gasteiger partial charge in [0.1, 0.15) is 0 Å². The fourth-order valence-electron chi connectivity index (χ4n) is 3.03. The molecule has 1 radical (unpaired) electrons. The smallest absolute Gasteiger partial charge is 0.00979 e. The summed E-state index contributed by atoms with van der Waals surface area (Å²) in [5, 5.41) is 0. The van der Waals surface area contributed by atoms with E-state index in [0.29, 0.717) is 0 Å². The highest BCUT2D eigenvalue weighted by atomic mass is 32.1. The fraction of sp³-hybridized carbons (Fsp3) is 0.952. The third-order valence-electron chi connectivity index (χ3n) is 4.58. The SMILES string of the molecule is CCCCCCCCCC[CH]CCCCCCCCCCS. The molecule has 133 valence electrons. The monoisotopic (exact) mass is 327 g/mol. The minimum Gasteiger partial charge on any atom is -0.179 e. The summed E-state index contributed by atoms with van der Waals surface area (Å²) in [6.07, 6.45) is 28.1. The highest BCUT2D eigenvalue weighted by Crippen LogP contribution is 2.14. The van der Waals surface area contributed by atoms with Crippen LogP contribution in [0.1, 0.15) is 122 Å². The van der Waals surface area contributed by atoms with Gasteiger partial charge in [0.05, 0.1) is 0 Å². The van der Waals surface area contributed by atoms with Gasteiger partial charge in [-0.1, -0.05) is 116 Å². The first-order chi connectivity index (χ1) is 10.9. The second kappa shape index (κ2) is 21.4. The Morgan fingerprint density at radius 2 is 0.864 bits per heavy atom. The van der Waals surface area contributed by atoms with Crippen molar-refractivity contribution >= 4 is 12.6 Å².